The molecular formula is C14H20BrNO2. The minimum absolute atomic E-state index is 0.0288. The predicted octanol–water partition coefficient (Wildman–Crippen LogP) is 3.68. The Balaban J connectivity index is 2.82. The van der Waals surface area contributed by atoms with Gasteiger partial charge in [-0.05, 0) is 40.5 Å². The molecular weight excluding hydrogens is 294 g/mol. The van der Waals surface area contributed by atoms with Crippen LogP contribution in [-0.2, 0) is 4.79 Å². The molecule has 0 aliphatic heterocycles. The lowest BCUT2D eigenvalue weighted by Crippen LogP contribution is -2.36. The van der Waals surface area contributed by atoms with E-state index in [1.54, 1.807) is 7.11 Å². The molecule has 1 amide bonds. The van der Waals surface area contributed by atoms with Crippen LogP contribution in [0.1, 0.15) is 39.3 Å². The minimum atomic E-state index is -0.377. The number of ether oxygens (including phenoxy) is 1. The van der Waals surface area contributed by atoms with Crippen molar-refractivity contribution >= 4 is 21.8 Å². The Hall–Kier alpha value is -1.03. The summed E-state index contributed by atoms with van der Waals surface area (Å²) in [6.45, 7) is 7.68. The molecule has 0 aromatic heterocycles. The zero-order chi connectivity index (χ0) is 13.9. The number of carbonyl (C=O) groups is 1. The van der Waals surface area contributed by atoms with Crippen LogP contribution in [0.5, 0.6) is 5.75 Å². The molecule has 1 N–H and O–H groups in total. The van der Waals surface area contributed by atoms with Crippen LogP contribution in [0.15, 0.2) is 22.7 Å². The summed E-state index contributed by atoms with van der Waals surface area (Å²) in [4.78, 5) is 11.9. The van der Waals surface area contributed by atoms with E-state index in [0.29, 0.717) is 0 Å². The normalized spacial score (nSPS) is 13.0. The molecule has 0 bridgehead atoms. The number of methoxy groups -OCH3 is 1. The van der Waals surface area contributed by atoms with Gasteiger partial charge in [0.2, 0.25) is 5.91 Å². The van der Waals surface area contributed by atoms with Crippen molar-refractivity contribution in [3.8, 4) is 5.75 Å². The first kappa shape index (κ1) is 15.0. The highest BCUT2D eigenvalue weighted by atomic mass is 79.9. The molecule has 3 nitrogen and oxygen atoms in total. The van der Waals surface area contributed by atoms with E-state index >= 15 is 0 Å². The summed E-state index contributed by atoms with van der Waals surface area (Å²) in [6.07, 6.45) is 0. The van der Waals surface area contributed by atoms with Crippen molar-refractivity contribution in [2.75, 3.05) is 7.11 Å². The summed E-state index contributed by atoms with van der Waals surface area (Å²) in [5, 5.41) is 3.00. The van der Waals surface area contributed by atoms with E-state index in [9.17, 15) is 4.79 Å². The lowest BCUT2D eigenvalue weighted by Gasteiger charge is -2.22. The smallest absolute Gasteiger partial charge is 0.225 e. The molecule has 1 aromatic carbocycles. The number of hydrogen-bond acceptors (Lipinski definition) is 2. The summed E-state index contributed by atoms with van der Waals surface area (Å²) in [7, 11) is 1.63. The molecule has 0 fully saturated rings. The fourth-order valence-corrected chi connectivity index (χ4v) is 2.01. The van der Waals surface area contributed by atoms with Crippen LogP contribution in [0, 0.1) is 5.41 Å². The fraction of sp³-hybridized carbons (Fsp3) is 0.500. The average Bonchev–Trinajstić information content (AvgIpc) is 2.27. The maximum atomic E-state index is 11.9. The fourth-order valence-electron chi connectivity index (χ4n) is 1.45. The van der Waals surface area contributed by atoms with Crippen molar-refractivity contribution < 1.29 is 9.53 Å². The van der Waals surface area contributed by atoms with Gasteiger partial charge in [0.1, 0.15) is 5.75 Å². The summed E-state index contributed by atoms with van der Waals surface area (Å²) < 4.78 is 6.07. The molecule has 1 rings (SSSR count). The molecule has 0 saturated carbocycles. The van der Waals surface area contributed by atoms with E-state index in [1.807, 2.05) is 45.9 Å². The molecule has 0 aliphatic carbocycles. The van der Waals surface area contributed by atoms with Gasteiger partial charge in [-0.2, -0.15) is 0 Å². The van der Waals surface area contributed by atoms with Gasteiger partial charge in [-0.1, -0.05) is 26.8 Å². The van der Waals surface area contributed by atoms with Gasteiger partial charge < -0.3 is 10.1 Å². The molecule has 100 valence electrons. The number of amides is 1. The summed E-state index contributed by atoms with van der Waals surface area (Å²) in [6, 6.07) is 5.78. The zero-order valence-corrected chi connectivity index (χ0v) is 13.1. The molecule has 1 aromatic rings. The quantitative estimate of drug-likeness (QED) is 0.924. The van der Waals surface area contributed by atoms with Crippen LogP contribution in [0.3, 0.4) is 0 Å². The van der Waals surface area contributed by atoms with E-state index in [1.165, 1.54) is 0 Å². The summed E-state index contributed by atoms with van der Waals surface area (Å²) in [5.74, 6) is 0.829. The monoisotopic (exact) mass is 313 g/mol. The van der Waals surface area contributed by atoms with E-state index in [2.05, 4.69) is 21.2 Å². The number of benzene rings is 1. The predicted molar refractivity (Wildman–Crippen MR) is 76.7 cm³/mol. The van der Waals surface area contributed by atoms with E-state index in [4.69, 9.17) is 4.74 Å². The Morgan fingerprint density at radius 2 is 2.00 bits per heavy atom. The SMILES string of the molecule is COc1ccc(C(C)NC(=O)C(C)(C)C)cc1Br. The van der Waals surface area contributed by atoms with Crippen molar-refractivity contribution in [1.82, 2.24) is 5.32 Å². The third-order valence-electron chi connectivity index (χ3n) is 2.70. The van der Waals surface area contributed by atoms with Gasteiger partial charge in [0, 0.05) is 5.41 Å². The highest BCUT2D eigenvalue weighted by Crippen LogP contribution is 2.28. The van der Waals surface area contributed by atoms with Gasteiger partial charge in [-0.3, -0.25) is 4.79 Å². The van der Waals surface area contributed by atoms with Gasteiger partial charge >= 0.3 is 0 Å². The number of halogens is 1. The standard InChI is InChI=1S/C14H20BrNO2/c1-9(16-13(17)14(2,3)4)10-6-7-12(18-5)11(15)8-10/h6-9H,1-5H3,(H,16,17). The second-order valence-electron chi connectivity index (χ2n) is 5.34. The Kier molecular flexibility index (Phi) is 4.79. The van der Waals surface area contributed by atoms with Crippen LogP contribution in [0.4, 0.5) is 0 Å². The van der Waals surface area contributed by atoms with Gasteiger partial charge in [0.25, 0.3) is 0 Å². The topological polar surface area (TPSA) is 38.3 Å². The first-order valence-corrected chi connectivity index (χ1v) is 6.69. The van der Waals surface area contributed by atoms with Crippen molar-refractivity contribution in [1.29, 1.82) is 0 Å². The maximum Gasteiger partial charge on any atom is 0.225 e. The van der Waals surface area contributed by atoms with Crippen LogP contribution >= 0.6 is 15.9 Å². The largest absolute Gasteiger partial charge is 0.496 e. The highest BCUT2D eigenvalue weighted by molar-refractivity contribution is 9.10. The first-order chi connectivity index (χ1) is 8.25. The third-order valence-corrected chi connectivity index (χ3v) is 3.32. The van der Waals surface area contributed by atoms with E-state index in [-0.39, 0.29) is 17.4 Å². The van der Waals surface area contributed by atoms with Crippen LogP contribution < -0.4 is 10.1 Å². The minimum Gasteiger partial charge on any atom is -0.496 e. The lowest BCUT2D eigenvalue weighted by molar-refractivity contribution is -0.129. The first-order valence-electron chi connectivity index (χ1n) is 5.90. The van der Waals surface area contributed by atoms with Crippen LogP contribution in [0.2, 0.25) is 0 Å². The molecule has 0 aliphatic rings. The lowest BCUT2D eigenvalue weighted by atomic mass is 9.94. The molecule has 0 heterocycles. The molecule has 18 heavy (non-hydrogen) atoms. The third kappa shape index (κ3) is 3.73. The van der Waals surface area contributed by atoms with Crippen molar-refractivity contribution in [3.05, 3.63) is 28.2 Å². The second-order valence-corrected chi connectivity index (χ2v) is 6.19. The second kappa shape index (κ2) is 5.74. The van der Waals surface area contributed by atoms with Gasteiger partial charge in [0.15, 0.2) is 0 Å². The molecule has 0 radical (unpaired) electrons. The zero-order valence-electron chi connectivity index (χ0n) is 11.5. The Bertz CT molecular complexity index is 438. The molecule has 4 heteroatoms. The van der Waals surface area contributed by atoms with Crippen molar-refractivity contribution in [2.45, 2.75) is 33.7 Å². The van der Waals surface area contributed by atoms with E-state index < -0.39 is 0 Å². The van der Waals surface area contributed by atoms with Gasteiger partial charge in [-0.15, -0.1) is 0 Å². The number of carbonyl (C=O) groups excluding carboxylic acids is 1. The van der Waals surface area contributed by atoms with E-state index in [0.717, 1.165) is 15.8 Å². The molecule has 0 saturated heterocycles. The number of hydrogen-bond donors (Lipinski definition) is 1. The van der Waals surface area contributed by atoms with Crippen molar-refractivity contribution in [2.24, 2.45) is 5.41 Å². The Morgan fingerprint density at radius 1 is 1.39 bits per heavy atom. The Labute approximate surface area is 117 Å². The number of rotatable bonds is 3. The van der Waals surface area contributed by atoms with Crippen LogP contribution in [-0.4, -0.2) is 13.0 Å². The average molecular weight is 314 g/mol. The highest BCUT2D eigenvalue weighted by Gasteiger charge is 2.23. The van der Waals surface area contributed by atoms with Crippen LogP contribution in [0.25, 0.3) is 0 Å². The number of nitrogens with one attached hydrogen (secondary N) is 1. The molecule has 1 atom stereocenters. The molecule has 0 spiro atoms. The maximum absolute atomic E-state index is 11.9. The summed E-state index contributed by atoms with van der Waals surface area (Å²) >= 11 is 3.44. The van der Waals surface area contributed by atoms with Gasteiger partial charge in [-0.25, -0.2) is 0 Å². The summed E-state index contributed by atoms with van der Waals surface area (Å²) in [5.41, 5.74) is 0.665. The van der Waals surface area contributed by atoms with Gasteiger partial charge in [0.05, 0.1) is 17.6 Å². The Morgan fingerprint density at radius 3 is 2.44 bits per heavy atom. The molecule has 1 unspecified atom stereocenters. The van der Waals surface area contributed by atoms with Crippen molar-refractivity contribution in [3.63, 3.8) is 0 Å².